The Morgan fingerprint density at radius 2 is 1.64 bits per heavy atom. The van der Waals surface area contributed by atoms with Crippen molar-refractivity contribution in [2.45, 2.75) is 32.7 Å². The van der Waals surface area contributed by atoms with Crippen molar-refractivity contribution >= 4 is 24.0 Å². The first-order chi connectivity index (χ1) is 15.5. The second-order valence-corrected chi connectivity index (χ2v) is 8.67. The van der Waals surface area contributed by atoms with E-state index in [1.165, 1.54) is 5.56 Å². The third-order valence-corrected chi connectivity index (χ3v) is 6.41. The minimum absolute atomic E-state index is 0. The van der Waals surface area contributed by atoms with E-state index in [1.54, 1.807) is 0 Å². The van der Waals surface area contributed by atoms with Gasteiger partial charge in [0.2, 0.25) is 5.91 Å². The summed E-state index contributed by atoms with van der Waals surface area (Å²) in [5, 5.41) is 9.76. The number of rotatable bonds is 4. The number of carbonyl (C=O) groups is 1. The summed E-state index contributed by atoms with van der Waals surface area (Å²) in [6, 6.07) is 26.9. The maximum atomic E-state index is 13.4. The van der Waals surface area contributed by atoms with E-state index >= 15 is 0 Å². The van der Waals surface area contributed by atoms with Gasteiger partial charge in [-0.1, -0.05) is 66.2 Å². The molecule has 0 aromatic heterocycles. The normalized spacial score (nSPS) is 16.5. The number of piperazine rings is 1. The van der Waals surface area contributed by atoms with Crippen LogP contribution in [0.25, 0.3) is 0 Å². The van der Waals surface area contributed by atoms with Crippen molar-refractivity contribution in [3.8, 4) is 6.07 Å². The molecule has 0 spiro atoms. The summed E-state index contributed by atoms with van der Waals surface area (Å²) in [7, 11) is 0. The molecule has 2 atom stereocenters. The number of amides is 1. The summed E-state index contributed by atoms with van der Waals surface area (Å²) in [5.74, 6) is -0.0344. The van der Waals surface area contributed by atoms with Crippen molar-refractivity contribution in [2.24, 2.45) is 0 Å². The number of anilines is 1. The molecule has 0 aliphatic carbocycles. The van der Waals surface area contributed by atoms with Gasteiger partial charge in [0, 0.05) is 19.6 Å². The summed E-state index contributed by atoms with van der Waals surface area (Å²) in [6.45, 7) is 7.98. The van der Waals surface area contributed by atoms with E-state index in [9.17, 15) is 10.1 Å². The van der Waals surface area contributed by atoms with Crippen LogP contribution in [0.1, 0.15) is 46.7 Å². The molecule has 4 rings (SSSR count). The molecule has 0 bridgehead atoms. The van der Waals surface area contributed by atoms with E-state index < -0.39 is 0 Å². The number of hydrogen-bond acceptors (Lipinski definition) is 3. The smallest absolute Gasteiger partial charge is 0.229 e. The molecular weight excluding hydrogens is 430 g/mol. The zero-order chi connectivity index (χ0) is 22.7. The Labute approximate surface area is 202 Å². The minimum atomic E-state index is -0.185. The van der Waals surface area contributed by atoms with Crippen LogP contribution in [0.5, 0.6) is 0 Å². The highest BCUT2D eigenvalue weighted by Gasteiger charge is 2.33. The number of aryl methyl sites for hydroxylation is 2. The van der Waals surface area contributed by atoms with Crippen LogP contribution in [0.4, 0.5) is 5.69 Å². The molecule has 1 aliphatic rings. The van der Waals surface area contributed by atoms with Gasteiger partial charge in [-0.15, -0.1) is 12.4 Å². The number of halogens is 1. The van der Waals surface area contributed by atoms with E-state index in [0.29, 0.717) is 25.2 Å². The fourth-order valence-corrected chi connectivity index (χ4v) is 4.49. The minimum Gasteiger partial charge on any atom is -0.360 e. The van der Waals surface area contributed by atoms with Gasteiger partial charge in [-0.05, 0) is 49.6 Å². The lowest BCUT2D eigenvalue weighted by Gasteiger charge is -2.44. The van der Waals surface area contributed by atoms with Gasteiger partial charge in [0.1, 0.15) is 6.07 Å². The average Bonchev–Trinajstić information content (AvgIpc) is 2.84. The monoisotopic (exact) mass is 459 g/mol. The van der Waals surface area contributed by atoms with Crippen LogP contribution >= 0.6 is 12.4 Å². The third kappa shape index (κ3) is 5.21. The Balaban J connectivity index is 0.00000306. The lowest BCUT2D eigenvalue weighted by atomic mass is 9.96. The second kappa shape index (κ2) is 10.6. The molecule has 170 valence electrons. The standard InChI is InChI=1S/C28H29N3O.ClH/c1-20-9-12-24(13-10-20)27-19-30(28(32)22(3)23-7-5-4-6-8-23)15-16-31(27)26-14-11-21(2)17-25(26)18-29;/h4-14,17,22,27H,15-16,19H2,1-3H3;1H. The molecule has 0 N–H and O–H groups in total. The van der Waals surface area contributed by atoms with Gasteiger partial charge in [-0.2, -0.15) is 5.26 Å². The number of hydrogen-bond donors (Lipinski definition) is 0. The van der Waals surface area contributed by atoms with Crippen LogP contribution in [0.15, 0.2) is 72.8 Å². The predicted molar refractivity (Wildman–Crippen MR) is 136 cm³/mol. The van der Waals surface area contributed by atoms with E-state index in [4.69, 9.17) is 0 Å². The zero-order valence-electron chi connectivity index (χ0n) is 19.4. The molecule has 1 amide bonds. The molecule has 33 heavy (non-hydrogen) atoms. The van der Waals surface area contributed by atoms with Crippen LogP contribution in [0.2, 0.25) is 0 Å². The summed E-state index contributed by atoms with van der Waals surface area (Å²) in [5.41, 5.74) is 6.09. The average molecular weight is 460 g/mol. The topological polar surface area (TPSA) is 47.3 Å². The van der Waals surface area contributed by atoms with Crippen LogP contribution < -0.4 is 4.90 Å². The molecule has 5 heteroatoms. The second-order valence-electron chi connectivity index (χ2n) is 8.67. The maximum absolute atomic E-state index is 13.4. The molecule has 1 fully saturated rings. The largest absolute Gasteiger partial charge is 0.360 e. The quantitative estimate of drug-likeness (QED) is 0.496. The van der Waals surface area contributed by atoms with Crippen molar-refractivity contribution < 1.29 is 4.79 Å². The SMILES string of the molecule is Cc1ccc(C2CN(C(=O)C(C)c3ccccc3)CCN2c2ccc(C)cc2C#N)cc1.Cl. The first kappa shape index (κ1) is 24.4. The summed E-state index contributed by atoms with van der Waals surface area (Å²) in [4.78, 5) is 17.7. The van der Waals surface area contributed by atoms with Crippen molar-refractivity contribution in [3.05, 3.63) is 101 Å². The molecule has 1 heterocycles. The van der Waals surface area contributed by atoms with Crippen LogP contribution in [-0.4, -0.2) is 30.4 Å². The Morgan fingerprint density at radius 1 is 0.970 bits per heavy atom. The van der Waals surface area contributed by atoms with Crippen molar-refractivity contribution in [1.29, 1.82) is 5.26 Å². The molecule has 1 aliphatic heterocycles. The summed E-state index contributed by atoms with van der Waals surface area (Å²) >= 11 is 0. The van der Waals surface area contributed by atoms with Crippen LogP contribution in [-0.2, 0) is 4.79 Å². The van der Waals surface area contributed by atoms with Crippen LogP contribution in [0.3, 0.4) is 0 Å². The molecule has 0 saturated carbocycles. The fourth-order valence-electron chi connectivity index (χ4n) is 4.49. The highest BCUT2D eigenvalue weighted by atomic mass is 35.5. The Morgan fingerprint density at radius 3 is 2.30 bits per heavy atom. The molecule has 2 unspecified atom stereocenters. The summed E-state index contributed by atoms with van der Waals surface area (Å²) < 4.78 is 0. The fraction of sp³-hybridized carbons (Fsp3) is 0.286. The highest BCUT2D eigenvalue weighted by molar-refractivity contribution is 5.85. The molecule has 1 saturated heterocycles. The van der Waals surface area contributed by atoms with Crippen LogP contribution in [0, 0.1) is 25.2 Å². The van der Waals surface area contributed by atoms with Gasteiger partial charge in [-0.3, -0.25) is 4.79 Å². The van der Waals surface area contributed by atoms with Gasteiger partial charge in [0.25, 0.3) is 0 Å². The Kier molecular flexibility index (Phi) is 7.79. The Bertz CT molecular complexity index is 1140. The highest BCUT2D eigenvalue weighted by Crippen LogP contribution is 2.34. The van der Waals surface area contributed by atoms with Gasteiger partial charge in [0.15, 0.2) is 0 Å². The lowest BCUT2D eigenvalue weighted by Crippen LogP contribution is -2.51. The first-order valence-electron chi connectivity index (χ1n) is 11.2. The lowest BCUT2D eigenvalue weighted by molar-refractivity contribution is -0.133. The van der Waals surface area contributed by atoms with Crippen molar-refractivity contribution in [2.75, 3.05) is 24.5 Å². The number of benzene rings is 3. The Hall–Kier alpha value is -3.29. The van der Waals surface area contributed by atoms with E-state index in [2.05, 4.69) is 48.2 Å². The van der Waals surface area contributed by atoms with Gasteiger partial charge >= 0.3 is 0 Å². The number of carbonyl (C=O) groups excluding carboxylic acids is 1. The number of nitrogens with zero attached hydrogens (tertiary/aromatic N) is 3. The molecular formula is C28H30ClN3O. The van der Waals surface area contributed by atoms with Crippen molar-refractivity contribution in [1.82, 2.24) is 4.90 Å². The molecule has 3 aromatic carbocycles. The zero-order valence-corrected chi connectivity index (χ0v) is 20.2. The molecule has 3 aromatic rings. The van der Waals surface area contributed by atoms with Gasteiger partial charge in [-0.25, -0.2) is 0 Å². The molecule has 4 nitrogen and oxygen atoms in total. The maximum Gasteiger partial charge on any atom is 0.229 e. The van der Waals surface area contributed by atoms with E-state index in [0.717, 1.165) is 22.4 Å². The first-order valence-corrected chi connectivity index (χ1v) is 11.2. The van der Waals surface area contributed by atoms with Gasteiger partial charge < -0.3 is 9.80 Å². The van der Waals surface area contributed by atoms with E-state index in [1.807, 2.05) is 61.2 Å². The predicted octanol–water partition coefficient (Wildman–Crippen LogP) is 5.79. The molecule has 0 radical (unpaired) electrons. The summed E-state index contributed by atoms with van der Waals surface area (Å²) in [6.07, 6.45) is 0. The van der Waals surface area contributed by atoms with E-state index in [-0.39, 0.29) is 30.3 Å². The number of nitriles is 1. The third-order valence-electron chi connectivity index (χ3n) is 6.41. The van der Waals surface area contributed by atoms with Crippen molar-refractivity contribution in [3.63, 3.8) is 0 Å². The van der Waals surface area contributed by atoms with Gasteiger partial charge in [0.05, 0.1) is 23.2 Å².